The van der Waals surface area contributed by atoms with Crippen molar-refractivity contribution in [3.8, 4) is 11.5 Å². The number of aryl methyl sites for hydroxylation is 1. The fraction of sp³-hybridized carbons (Fsp3) is 0.176. The number of aromatic nitrogens is 1. The molecule has 0 N–H and O–H groups in total. The standard InChI is InChI=1S/C17H14Cl2N2O3S/c1-21-14-12(8-7-10(18)13(14)19)25-17(21)20-16(22)9-5-4-6-11(23-2)15(9)24-3/h4-8H,1-3H3. The van der Waals surface area contributed by atoms with E-state index >= 15 is 0 Å². The summed E-state index contributed by atoms with van der Waals surface area (Å²) in [5, 5.41) is 0.890. The first-order chi connectivity index (χ1) is 12.0. The number of carbonyl (C=O) groups is 1. The van der Waals surface area contributed by atoms with Crippen molar-refractivity contribution < 1.29 is 14.3 Å². The number of amides is 1. The number of benzene rings is 2. The van der Waals surface area contributed by atoms with E-state index in [-0.39, 0.29) is 0 Å². The van der Waals surface area contributed by atoms with Crippen LogP contribution in [-0.4, -0.2) is 24.7 Å². The maximum absolute atomic E-state index is 12.7. The highest BCUT2D eigenvalue weighted by Gasteiger charge is 2.17. The Hall–Kier alpha value is -2.02. The quantitative estimate of drug-likeness (QED) is 0.662. The molecule has 5 nitrogen and oxygen atoms in total. The Labute approximate surface area is 158 Å². The number of carbonyl (C=O) groups excluding carboxylic acids is 1. The zero-order valence-electron chi connectivity index (χ0n) is 13.7. The van der Waals surface area contributed by atoms with Crippen molar-refractivity contribution in [2.75, 3.05) is 14.2 Å². The summed E-state index contributed by atoms with van der Waals surface area (Å²) in [5.74, 6) is 0.391. The zero-order valence-corrected chi connectivity index (χ0v) is 16.0. The second kappa shape index (κ2) is 7.07. The highest BCUT2D eigenvalue weighted by molar-refractivity contribution is 7.16. The number of hydrogen-bond acceptors (Lipinski definition) is 4. The van der Waals surface area contributed by atoms with Gasteiger partial charge in [-0.1, -0.05) is 40.6 Å². The fourth-order valence-corrected chi connectivity index (χ4v) is 4.01. The first-order valence-corrected chi connectivity index (χ1v) is 8.78. The summed E-state index contributed by atoms with van der Waals surface area (Å²) in [5.41, 5.74) is 1.06. The Balaban J connectivity index is 2.16. The zero-order chi connectivity index (χ0) is 18.1. The van der Waals surface area contributed by atoms with Gasteiger partial charge >= 0.3 is 0 Å². The van der Waals surface area contributed by atoms with Crippen LogP contribution < -0.4 is 14.3 Å². The van der Waals surface area contributed by atoms with Crippen LogP contribution in [0.1, 0.15) is 10.4 Å². The van der Waals surface area contributed by atoms with Gasteiger partial charge in [-0.3, -0.25) is 4.79 Å². The third-order valence-electron chi connectivity index (χ3n) is 3.69. The Morgan fingerprint density at radius 2 is 1.92 bits per heavy atom. The van der Waals surface area contributed by atoms with Crippen LogP contribution in [0.4, 0.5) is 0 Å². The number of ether oxygens (including phenoxy) is 2. The largest absolute Gasteiger partial charge is 0.493 e. The Bertz CT molecular complexity index is 1040. The lowest BCUT2D eigenvalue weighted by atomic mass is 10.2. The number of fused-ring (bicyclic) bond motifs is 1. The van der Waals surface area contributed by atoms with Gasteiger partial charge in [0.1, 0.15) is 0 Å². The molecule has 0 spiro atoms. The van der Waals surface area contributed by atoms with Gasteiger partial charge in [0.15, 0.2) is 16.3 Å². The molecule has 3 aromatic rings. The highest BCUT2D eigenvalue weighted by atomic mass is 35.5. The number of methoxy groups -OCH3 is 2. The number of para-hydroxylation sites is 1. The van der Waals surface area contributed by atoms with Crippen LogP contribution >= 0.6 is 34.5 Å². The van der Waals surface area contributed by atoms with Crippen molar-refractivity contribution in [3.05, 3.63) is 50.7 Å². The van der Waals surface area contributed by atoms with Gasteiger partial charge in [0.25, 0.3) is 5.91 Å². The molecule has 0 aliphatic rings. The molecule has 0 unspecified atom stereocenters. The SMILES string of the molecule is COc1cccc(C(=O)N=c2sc3ccc(Cl)c(Cl)c3n2C)c1OC. The van der Waals surface area contributed by atoms with Crippen molar-refractivity contribution in [2.24, 2.45) is 12.0 Å². The van der Waals surface area contributed by atoms with Crippen LogP contribution in [0.25, 0.3) is 10.2 Å². The Morgan fingerprint density at radius 1 is 1.16 bits per heavy atom. The molecule has 1 aromatic heterocycles. The van der Waals surface area contributed by atoms with Gasteiger partial charge in [0, 0.05) is 7.05 Å². The molecule has 0 bridgehead atoms. The normalized spacial score (nSPS) is 11.8. The summed E-state index contributed by atoms with van der Waals surface area (Å²) in [6.45, 7) is 0. The first kappa shape index (κ1) is 17.8. The third-order valence-corrected chi connectivity index (χ3v) is 5.58. The second-order valence-corrected chi connectivity index (χ2v) is 6.90. The average molecular weight is 397 g/mol. The monoisotopic (exact) mass is 396 g/mol. The number of halogens is 2. The molecule has 0 aliphatic heterocycles. The number of thiazole rings is 1. The van der Waals surface area contributed by atoms with Gasteiger partial charge < -0.3 is 14.0 Å². The molecule has 0 radical (unpaired) electrons. The first-order valence-electron chi connectivity index (χ1n) is 7.21. The molecule has 0 aliphatic carbocycles. The maximum atomic E-state index is 12.7. The van der Waals surface area contributed by atoms with Gasteiger partial charge in [0.05, 0.1) is 40.0 Å². The molecule has 0 atom stereocenters. The molecule has 8 heteroatoms. The summed E-state index contributed by atoms with van der Waals surface area (Å²) in [4.78, 5) is 17.4. The van der Waals surface area contributed by atoms with Crippen molar-refractivity contribution >= 4 is 50.7 Å². The summed E-state index contributed by atoms with van der Waals surface area (Å²) in [6.07, 6.45) is 0. The van der Waals surface area contributed by atoms with E-state index < -0.39 is 5.91 Å². The van der Waals surface area contributed by atoms with E-state index in [0.717, 1.165) is 10.2 Å². The topological polar surface area (TPSA) is 52.8 Å². The third kappa shape index (κ3) is 3.13. The smallest absolute Gasteiger partial charge is 0.283 e. The van der Waals surface area contributed by atoms with Crippen LogP contribution in [-0.2, 0) is 7.05 Å². The van der Waals surface area contributed by atoms with Crippen molar-refractivity contribution in [3.63, 3.8) is 0 Å². The van der Waals surface area contributed by atoms with Crippen LogP contribution in [0.15, 0.2) is 35.3 Å². The van der Waals surface area contributed by atoms with Gasteiger partial charge in [-0.05, 0) is 24.3 Å². The predicted molar refractivity (Wildman–Crippen MR) is 100 cm³/mol. The van der Waals surface area contributed by atoms with E-state index in [9.17, 15) is 4.79 Å². The van der Waals surface area contributed by atoms with Gasteiger partial charge in [-0.2, -0.15) is 4.99 Å². The molecule has 0 fully saturated rings. The second-order valence-electron chi connectivity index (χ2n) is 5.11. The summed E-state index contributed by atoms with van der Waals surface area (Å²) < 4.78 is 13.2. The molecule has 25 heavy (non-hydrogen) atoms. The summed E-state index contributed by atoms with van der Waals surface area (Å²) >= 11 is 13.7. The number of hydrogen-bond donors (Lipinski definition) is 0. The predicted octanol–water partition coefficient (Wildman–Crippen LogP) is 4.30. The van der Waals surface area contributed by atoms with Crippen molar-refractivity contribution in [2.45, 2.75) is 0 Å². The molecule has 0 saturated heterocycles. The number of rotatable bonds is 3. The molecule has 0 saturated carbocycles. The number of nitrogens with zero attached hydrogens (tertiary/aromatic N) is 2. The minimum Gasteiger partial charge on any atom is -0.493 e. The van der Waals surface area contributed by atoms with E-state index in [2.05, 4.69) is 4.99 Å². The van der Waals surface area contributed by atoms with Crippen LogP contribution in [0.3, 0.4) is 0 Å². The lowest BCUT2D eigenvalue weighted by molar-refractivity contribution is 0.0994. The highest BCUT2D eigenvalue weighted by Crippen LogP contribution is 2.32. The molecule has 2 aromatic carbocycles. The van der Waals surface area contributed by atoms with Gasteiger partial charge in [-0.15, -0.1) is 0 Å². The molecular formula is C17H14Cl2N2O3S. The molecule has 1 heterocycles. The van der Waals surface area contributed by atoms with Crippen LogP contribution in [0.2, 0.25) is 10.0 Å². The lowest BCUT2D eigenvalue weighted by Crippen LogP contribution is -2.14. The average Bonchev–Trinajstić information content (AvgIpc) is 2.93. The van der Waals surface area contributed by atoms with E-state index in [1.54, 1.807) is 35.9 Å². The van der Waals surface area contributed by atoms with Gasteiger partial charge in [-0.25, -0.2) is 0 Å². The minimum atomic E-state index is -0.430. The summed E-state index contributed by atoms with van der Waals surface area (Å²) in [6, 6.07) is 8.65. The van der Waals surface area contributed by atoms with E-state index in [4.69, 9.17) is 32.7 Å². The van der Waals surface area contributed by atoms with E-state index in [1.165, 1.54) is 25.6 Å². The Morgan fingerprint density at radius 3 is 2.60 bits per heavy atom. The summed E-state index contributed by atoms with van der Waals surface area (Å²) in [7, 11) is 4.78. The van der Waals surface area contributed by atoms with Gasteiger partial charge in [0.2, 0.25) is 0 Å². The van der Waals surface area contributed by atoms with E-state index in [1.807, 2.05) is 6.07 Å². The molecule has 1 amide bonds. The molecule has 3 rings (SSSR count). The fourth-order valence-electron chi connectivity index (χ4n) is 2.48. The van der Waals surface area contributed by atoms with Crippen molar-refractivity contribution in [1.82, 2.24) is 4.57 Å². The van der Waals surface area contributed by atoms with Crippen molar-refractivity contribution in [1.29, 1.82) is 0 Å². The lowest BCUT2D eigenvalue weighted by Gasteiger charge is -2.09. The minimum absolute atomic E-state index is 0.323. The maximum Gasteiger partial charge on any atom is 0.283 e. The Kier molecular flexibility index (Phi) is 5.03. The molecule has 130 valence electrons. The molecular weight excluding hydrogens is 383 g/mol. The van der Waals surface area contributed by atoms with Crippen LogP contribution in [0.5, 0.6) is 11.5 Å². The van der Waals surface area contributed by atoms with Crippen LogP contribution in [0, 0.1) is 0 Å². The van der Waals surface area contributed by atoms with E-state index in [0.29, 0.717) is 31.9 Å².